The summed E-state index contributed by atoms with van der Waals surface area (Å²) in [6, 6.07) is 2.38. The predicted octanol–water partition coefficient (Wildman–Crippen LogP) is 3.25. The third-order valence-corrected chi connectivity index (χ3v) is 4.73. The van der Waals surface area contributed by atoms with E-state index >= 15 is 0 Å². The van der Waals surface area contributed by atoms with E-state index in [1.165, 1.54) is 22.9 Å². The Morgan fingerprint density at radius 2 is 1.96 bits per heavy atom. The van der Waals surface area contributed by atoms with Gasteiger partial charge in [0.05, 0.1) is 5.69 Å². The number of aromatic nitrogens is 2. The van der Waals surface area contributed by atoms with Crippen molar-refractivity contribution in [1.29, 1.82) is 0 Å². The van der Waals surface area contributed by atoms with Crippen LogP contribution < -0.4 is 0 Å². The van der Waals surface area contributed by atoms with Crippen LogP contribution in [0.1, 0.15) is 37.0 Å². The van der Waals surface area contributed by atoms with Crippen molar-refractivity contribution in [2.75, 3.05) is 6.61 Å². The summed E-state index contributed by atoms with van der Waals surface area (Å²) in [4.78, 5) is 23.0. The van der Waals surface area contributed by atoms with Gasteiger partial charge in [0, 0.05) is 20.8 Å². The molecular formula is C17H28N2O5Si. The van der Waals surface area contributed by atoms with Gasteiger partial charge in [-0.05, 0) is 39.0 Å². The second-order valence-electron chi connectivity index (χ2n) is 7.97. The van der Waals surface area contributed by atoms with Crippen molar-refractivity contribution in [1.82, 2.24) is 9.78 Å². The molecule has 25 heavy (non-hydrogen) atoms. The molecule has 0 aromatic carbocycles. The zero-order valence-electron chi connectivity index (χ0n) is 15.8. The molecule has 0 radical (unpaired) electrons. The SMILES string of the molecule is CC(C)(C)OC(=O)C=Cc1cc(C(=O)O)n(COCC[Si](C)(C)C)n1. The molecule has 0 atom stereocenters. The van der Waals surface area contributed by atoms with E-state index in [2.05, 4.69) is 24.7 Å². The molecule has 0 unspecified atom stereocenters. The number of rotatable bonds is 8. The summed E-state index contributed by atoms with van der Waals surface area (Å²) in [5.41, 5.74) is -0.217. The smallest absolute Gasteiger partial charge is 0.354 e. The van der Waals surface area contributed by atoms with Gasteiger partial charge in [-0.3, -0.25) is 0 Å². The number of hydrogen-bond acceptors (Lipinski definition) is 5. The molecule has 8 heteroatoms. The lowest BCUT2D eigenvalue weighted by molar-refractivity contribution is -0.148. The molecule has 1 N–H and O–H groups in total. The fraction of sp³-hybridized carbons (Fsp3) is 0.588. The van der Waals surface area contributed by atoms with Crippen molar-refractivity contribution in [2.24, 2.45) is 0 Å². The number of carboxylic acids is 1. The van der Waals surface area contributed by atoms with Crippen molar-refractivity contribution in [3.63, 3.8) is 0 Å². The zero-order chi connectivity index (χ0) is 19.3. The Bertz CT molecular complexity index is 638. The number of nitrogens with zero attached hydrogens (tertiary/aromatic N) is 2. The first-order valence-corrected chi connectivity index (χ1v) is 11.9. The lowest BCUT2D eigenvalue weighted by atomic mass is 10.2. The molecule has 0 saturated heterocycles. The standard InChI is InChI=1S/C17H28N2O5Si/c1-17(2,3)24-15(20)8-7-13-11-14(16(21)22)19(18-13)12-23-9-10-25(4,5)6/h7-8,11H,9-10,12H2,1-6H3,(H,21,22). The Morgan fingerprint density at radius 3 is 2.48 bits per heavy atom. The van der Waals surface area contributed by atoms with Gasteiger partial charge in [0.2, 0.25) is 0 Å². The minimum atomic E-state index is -1.20. The van der Waals surface area contributed by atoms with E-state index < -0.39 is 25.6 Å². The molecule has 0 bridgehead atoms. The summed E-state index contributed by atoms with van der Waals surface area (Å²) in [6.45, 7) is 12.7. The normalized spacial score (nSPS) is 12.6. The maximum Gasteiger partial charge on any atom is 0.354 e. The van der Waals surface area contributed by atoms with E-state index in [4.69, 9.17) is 9.47 Å². The van der Waals surface area contributed by atoms with Gasteiger partial charge in [-0.2, -0.15) is 5.10 Å². The van der Waals surface area contributed by atoms with Crippen LogP contribution in [0.4, 0.5) is 0 Å². The summed E-state index contributed by atoms with van der Waals surface area (Å²) in [6.07, 6.45) is 2.66. The first-order chi connectivity index (χ1) is 11.4. The number of aromatic carboxylic acids is 1. The van der Waals surface area contributed by atoms with Crippen LogP contribution in [0, 0.1) is 0 Å². The maximum atomic E-state index is 11.7. The highest BCUT2D eigenvalue weighted by Gasteiger charge is 2.16. The van der Waals surface area contributed by atoms with E-state index in [0.29, 0.717) is 12.3 Å². The quantitative estimate of drug-likeness (QED) is 0.328. The Labute approximate surface area is 149 Å². The van der Waals surface area contributed by atoms with Crippen LogP contribution in [0.5, 0.6) is 0 Å². The number of carboxylic acid groups (broad SMARTS) is 1. The molecule has 0 fully saturated rings. The highest BCUT2D eigenvalue weighted by Crippen LogP contribution is 2.11. The Hall–Kier alpha value is -1.93. The van der Waals surface area contributed by atoms with Crippen LogP contribution in [0.3, 0.4) is 0 Å². The molecular weight excluding hydrogens is 340 g/mol. The number of hydrogen-bond donors (Lipinski definition) is 1. The second-order valence-corrected chi connectivity index (χ2v) is 13.6. The molecule has 0 saturated carbocycles. The summed E-state index contributed by atoms with van der Waals surface area (Å²) >= 11 is 0. The third-order valence-electron chi connectivity index (χ3n) is 3.02. The largest absolute Gasteiger partial charge is 0.477 e. The Kier molecular flexibility index (Phi) is 7.13. The van der Waals surface area contributed by atoms with Crippen molar-refractivity contribution < 1.29 is 24.2 Å². The van der Waals surface area contributed by atoms with Gasteiger partial charge in [0.15, 0.2) is 0 Å². The lowest BCUT2D eigenvalue weighted by Crippen LogP contribution is -2.22. The molecule has 7 nitrogen and oxygen atoms in total. The van der Waals surface area contributed by atoms with Gasteiger partial charge in [-0.25, -0.2) is 14.3 Å². The Morgan fingerprint density at radius 1 is 1.32 bits per heavy atom. The fourth-order valence-electron chi connectivity index (χ4n) is 1.81. The maximum absolute atomic E-state index is 11.7. The van der Waals surface area contributed by atoms with Gasteiger partial charge < -0.3 is 14.6 Å². The van der Waals surface area contributed by atoms with Crippen LogP contribution in [0.25, 0.3) is 6.08 Å². The molecule has 0 aliphatic rings. The minimum Gasteiger partial charge on any atom is -0.477 e. The summed E-state index contributed by atoms with van der Waals surface area (Å²) in [5.74, 6) is -1.61. The monoisotopic (exact) mass is 368 g/mol. The van der Waals surface area contributed by atoms with Gasteiger partial charge in [-0.1, -0.05) is 19.6 Å². The van der Waals surface area contributed by atoms with E-state index in [1.54, 1.807) is 20.8 Å². The topological polar surface area (TPSA) is 90.7 Å². The van der Waals surface area contributed by atoms with E-state index in [1.807, 2.05) is 0 Å². The number of ether oxygens (including phenoxy) is 2. The van der Waals surface area contributed by atoms with Crippen LogP contribution in [-0.2, 0) is 21.0 Å². The molecule has 0 spiro atoms. The van der Waals surface area contributed by atoms with Crippen LogP contribution in [0.15, 0.2) is 12.1 Å². The van der Waals surface area contributed by atoms with Crippen molar-refractivity contribution in [2.45, 2.75) is 58.8 Å². The van der Waals surface area contributed by atoms with Gasteiger partial charge in [-0.15, -0.1) is 0 Å². The molecule has 140 valence electrons. The summed E-state index contributed by atoms with van der Waals surface area (Å²) in [7, 11) is -1.20. The second kappa shape index (κ2) is 8.44. The third kappa shape index (κ3) is 8.64. The van der Waals surface area contributed by atoms with Crippen molar-refractivity contribution in [3.05, 3.63) is 23.5 Å². The number of esters is 1. The first-order valence-electron chi connectivity index (χ1n) is 8.17. The van der Waals surface area contributed by atoms with Crippen LogP contribution in [-0.4, -0.2) is 47.1 Å². The zero-order valence-corrected chi connectivity index (χ0v) is 16.8. The molecule has 0 aliphatic heterocycles. The molecule has 1 aromatic heterocycles. The van der Waals surface area contributed by atoms with E-state index in [-0.39, 0.29) is 12.4 Å². The van der Waals surface area contributed by atoms with Gasteiger partial charge in [0.25, 0.3) is 0 Å². The summed E-state index contributed by atoms with van der Waals surface area (Å²) < 4.78 is 12.0. The molecule has 1 heterocycles. The fourth-order valence-corrected chi connectivity index (χ4v) is 2.56. The molecule has 0 amide bonds. The van der Waals surface area contributed by atoms with E-state index in [9.17, 15) is 14.7 Å². The lowest BCUT2D eigenvalue weighted by Gasteiger charge is -2.17. The van der Waals surface area contributed by atoms with Crippen molar-refractivity contribution >= 4 is 26.1 Å². The van der Waals surface area contributed by atoms with Crippen LogP contribution in [0.2, 0.25) is 25.7 Å². The molecule has 1 aromatic rings. The minimum absolute atomic E-state index is 0.0110. The van der Waals surface area contributed by atoms with Gasteiger partial charge in [0.1, 0.15) is 18.0 Å². The summed E-state index contributed by atoms with van der Waals surface area (Å²) in [5, 5.41) is 13.4. The van der Waals surface area contributed by atoms with Crippen molar-refractivity contribution in [3.8, 4) is 0 Å². The van der Waals surface area contributed by atoms with Crippen LogP contribution >= 0.6 is 0 Å². The molecule has 1 rings (SSSR count). The number of carbonyl (C=O) groups excluding carboxylic acids is 1. The Balaban J connectivity index is 2.74. The highest BCUT2D eigenvalue weighted by molar-refractivity contribution is 6.76. The predicted molar refractivity (Wildman–Crippen MR) is 98.2 cm³/mol. The first kappa shape index (κ1) is 21.1. The number of carbonyl (C=O) groups is 2. The van der Waals surface area contributed by atoms with E-state index in [0.717, 1.165) is 6.04 Å². The van der Waals surface area contributed by atoms with Gasteiger partial charge >= 0.3 is 11.9 Å². The highest BCUT2D eigenvalue weighted by atomic mass is 28.3. The molecule has 0 aliphatic carbocycles. The average Bonchev–Trinajstić information content (AvgIpc) is 2.82. The average molecular weight is 369 g/mol.